The molecule has 2 aliphatic rings. The van der Waals surface area contributed by atoms with Crippen molar-refractivity contribution in [2.24, 2.45) is 0 Å². The first kappa shape index (κ1) is 22.3. The molecule has 2 aliphatic heterocycles. The summed E-state index contributed by atoms with van der Waals surface area (Å²) in [7, 11) is 1.52. The third-order valence-corrected chi connectivity index (χ3v) is 6.75. The number of rotatable bonds is 6. The molecule has 1 fully saturated rings. The summed E-state index contributed by atoms with van der Waals surface area (Å²) in [6.45, 7) is 3.42. The summed E-state index contributed by atoms with van der Waals surface area (Å²) in [5.41, 5.74) is 2.69. The minimum Gasteiger partial charge on any atom is -0.496 e. The minimum absolute atomic E-state index is 0.220. The number of fused-ring (bicyclic) bond motifs is 1. The summed E-state index contributed by atoms with van der Waals surface area (Å²) in [5.74, 6) is 0.681. The lowest BCUT2D eigenvalue weighted by Gasteiger charge is -2.29. The standard InChI is InChI=1S/C23H24N6O4S/c1-33-19-10-14-11-29(22(32)16(14)9-15(19)12-30)23-27-18(13-34-23)21(31)26-17-3-2-4-25-20(17)28-7-5-24-6-8-28/h2-4,9-10,13,24,30H,5-8,11-12H2,1H3,(H,26,31). The second-order valence-corrected chi connectivity index (χ2v) is 8.79. The monoisotopic (exact) mass is 480 g/mol. The van der Waals surface area contributed by atoms with Gasteiger partial charge >= 0.3 is 0 Å². The van der Waals surface area contributed by atoms with E-state index in [9.17, 15) is 14.7 Å². The molecular weight excluding hydrogens is 456 g/mol. The molecule has 0 radical (unpaired) electrons. The molecular formula is C23H24N6O4S. The first-order chi connectivity index (χ1) is 16.6. The molecule has 5 rings (SSSR count). The van der Waals surface area contributed by atoms with E-state index >= 15 is 0 Å². The smallest absolute Gasteiger partial charge is 0.275 e. The summed E-state index contributed by atoms with van der Waals surface area (Å²) in [4.78, 5) is 38.5. The average Bonchev–Trinajstić information content (AvgIpc) is 3.49. The fourth-order valence-electron chi connectivity index (χ4n) is 4.15. The van der Waals surface area contributed by atoms with Crippen molar-refractivity contribution < 1.29 is 19.4 Å². The van der Waals surface area contributed by atoms with Gasteiger partial charge in [0.15, 0.2) is 10.9 Å². The van der Waals surface area contributed by atoms with Crippen LogP contribution in [0.4, 0.5) is 16.6 Å². The summed E-state index contributed by atoms with van der Waals surface area (Å²) < 4.78 is 5.32. The SMILES string of the molecule is COc1cc2c(cc1CO)C(=O)N(c1nc(C(=O)Nc3cccnc3N3CCNCC3)cs1)C2. The Morgan fingerprint density at radius 2 is 2.15 bits per heavy atom. The lowest BCUT2D eigenvalue weighted by Crippen LogP contribution is -2.44. The number of hydrogen-bond donors (Lipinski definition) is 3. The van der Waals surface area contributed by atoms with E-state index in [1.165, 1.54) is 23.3 Å². The molecule has 34 heavy (non-hydrogen) atoms. The number of methoxy groups -OCH3 is 1. The van der Waals surface area contributed by atoms with Crippen LogP contribution in [-0.4, -0.2) is 60.2 Å². The van der Waals surface area contributed by atoms with Crippen molar-refractivity contribution in [2.75, 3.05) is 48.4 Å². The highest BCUT2D eigenvalue weighted by Crippen LogP contribution is 2.34. The van der Waals surface area contributed by atoms with E-state index in [0.717, 1.165) is 37.6 Å². The number of nitrogens with one attached hydrogen (secondary N) is 2. The predicted molar refractivity (Wildman–Crippen MR) is 129 cm³/mol. The summed E-state index contributed by atoms with van der Waals surface area (Å²) >= 11 is 1.23. The van der Waals surface area contributed by atoms with Gasteiger partial charge in [0.1, 0.15) is 11.4 Å². The molecule has 0 bridgehead atoms. The van der Waals surface area contributed by atoms with E-state index in [0.29, 0.717) is 34.2 Å². The van der Waals surface area contributed by atoms with Crippen LogP contribution in [0.1, 0.15) is 32.0 Å². The zero-order valence-electron chi connectivity index (χ0n) is 18.6. The number of amides is 2. The Bertz CT molecular complexity index is 1240. The van der Waals surface area contributed by atoms with Gasteiger partial charge in [-0.25, -0.2) is 9.97 Å². The summed E-state index contributed by atoms with van der Waals surface area (Å²) in [5, 5.41) is 17.9. The number of carbonyl (C=O) groups excluding carboxylic acids is 2. The number of piperazine rings is 1. The maximum Gasteiger partial charge on any atom is 0.275 e. The van der Waals surface area contributed by atoms with Crippen molar-refractivity contribution in [3.05, 3.63) is 58.2 Å². The highest BCUT2D eigenvalue weighted by Gasteiger charge is 2.32. The Hall–Kier alpha value is -3.54. The minimum atomic E-state index is -0.361. The number of thiazole rings is 1. The molecule has 0 unspecified atom stereocenters. The van der Waals surface area contributed by atoms with Crippen LogP contribution in [0.15, 0.2) is 35.8 Å². The number of hydrogen-bond acceptors (Lipinski definition) is 9. The molecule has 3 aromatic rings. The third-order valence-electron chi connectivity index (χ3n) is 5.89. The van der Waals surface area contributed by atoms with Gasteiger partial charge in [-0.15, -0.1) is 11.3 Å². The molecule has 3 N–H and O–H groups in total. The maximum absolute atomic E-state index is 13.0. The average molecular weight is 481 g/mol. The van der Waals surface area contributed by atoms with Gasteiger partial charge in [-0.3, -0.25) is 14.5 Å². The van der Waals surface area contributed by atoms with Crippen LogP contribution >= 0.6 is 11.3 Å². The zero-order valence-corrected chi connectivity index (χ0v) is 19.4. The highest BCUT2D eigenvalue weighted by molar-refractivity contribution is 7.14. The molecule has 10 nitrogen and oxygen atoms in total. The molecule has 0 spiro atoms. The number of benzene rings is 1. The van der Waals surface area contributed by atoms with E-state index in [4.69, 9.17) is 4.74 Å². The number of nitrogens with zero attached hydrogens (tertiary/aromatic N) is 4. The molecule has 0 aliphatic carbocycles. The molecule has 11 heteroatoms. The van der Waals surface area contributed by atoms with Crippen LogP contribution < -0.4 is 25.2 Å². The van der Waals surface area contributed by atoms with Crippen LogP contribution in [0.2, 0.25) is 0 Å². The largest absolute Gasteiger partial charge is 0.496 e. The Labute approximate surface area is 200 Å². The van der Waals surface area contributed by atoms with Crippen molar-refractivity contribution in [3.8, 4) is 5.75 Å². The van der Waals surface area contributed by atoms with Crippen LogP contribution in [-0.2, 0) is 13.2 Å². The topological polar surface area (TPSA) is 120 Å². The number of anilines is 3. The van der Waals surface area contributed by atoms with Crippen LogP contribution in [0, 0.1) is 0 Å². The lowest BCUT2D eigenvalue weighted by atomic mass is 10.1. The van der Waals surface area contributed by atoms with E-state index in [1.807, 2.05) is 6.07 Å². The number of pyridine rings is 1. The van der Waals surface area contributed by atoms with E-state index < -0.39 is 0 Å². The Morgan fingerprint density at radius 1 is 1.32 bits per heavy atom. The molecule has 2 amide bonds. The van der Waals surface area contributed by atoms with Crippen LogP contribution in [0.3, 0.4) is 0 Å². The zero-order chi connectivity index (χ0) is 23.7. The number of aromatic nitrogens is 2. The van der Waals surface area contributed by atoms with E-state index in [2.05, 4.69) is 25.5 Å². The van der Waals surface area contributed by atoms with Crippen molar-refractivity contribution in [2.45, 2.75) is 13.2 Å². The molecule has 0 atom stereocenters. The van der Waals surface area contributed by atoms with E-state index in [-0.39, 0.29) is 24.1 Å². The number of carbonyl (C=O) groups is 2. The number of aliphatic hydroxyl groups is 1. The summed E-state index contributed by atoms with van der Waals surface area (Å²) in [6.07, 6.45) is 1.71. The molecule has 1 saturated heterocycles. The lowest BCUT2D eigenvalue weighted by molar-refractivity contribution is 0.0991. The first-order valence-corrected chi connectivity index (χ1v) is 11.8. The molecule has 2 aromatic heterocycles. The number of aliphatic hydroxyl groups excluding tert-OH is 1. The highest BCUT2D eigenvalue weighted by atomic mass is 32.1. The van der Waals surface area contributed by atoms with Crippen molar-refractivity contribution in [1.82, 2.24) is 15.3 Å². The van der Waals surface area contributed by atoms with Gasteiger partial charge in [-0.2, -0.15) is 0 Å². The van der Waals surface area contributed by atoms with Crippen molar-refractivity contribution in [3.63, 3.8) is 0 Å². The first-order valence-electron chi connectivity index (χ1n) is 10.9. The van der Waals surface area contributed by atoms with Crippen LogP contribution in [0.25, 0.3) is 0 Å². The van der Waals surface area contributed by atoms with Crippen molar-refractivity contribution in [1.29, 1.82) is 0 Å². The van der Waals surface area contributed by atoms with Gasteiger partial charge in [0, 0.05) is 48.9 Å². The maximum atomic E-state index is 13.0. The quantitative estimate of drug-likeness (QED) is 0.489. The van der Waals surface area contributed by atoms with Gasteiger partial charge in [0.05, 0.1) is 25.9 Å². The molecule has 0 saturated carbocycles. The number of ether oxygens (including phenoxy) is 1. The Kier molecular flexibility index (Phi) is 6.14. The summed E-state index contributed by atoms with van der Waals surface area (Å²) in [6, 6.07) is 7.02. The predicted octanol–water partition coefficient (Wildman–Crippen LogP) is 1.86. The fraction of sp³-hybridized carbons (Fsp3) is 0.304. The molecule has 176 valence electrons. The normalized spacial score (nSPS) is 15.4. The van der Waals surface area contributed by atoms with Crippen LogP contribution in [0.5, 0.6) is 5.75 Å². The Morgan fingerprint density at radius 3 is 2.91 bits per heavy atom. The van der Waals surface area contributed by atoms with Gasteiger partial charge < -0.3 is 25.4 Å². The van der Waals surface area contributed by atoms with Gasteiger partial charge in [0.2, 0.25) is 0 Å². The third kappa shape index (κ3) is 4.09. The van der Waals surface area contributed by atoms with Gasteiger partial charge in [0.25, 0.3) is 11.8 Å². The van der Waals surface area contributed by atoms with E-state index in [1.54, 1.807) is 29.8 Å². The molecule has 4 heterocycles. The fourth-order valence-corrected chi connectivity index (χ4v) is 4.96. The second-order valence-electron chi connectivity index (χ2n) is 7.95. The Balaban J connectivity index is 1.34. The molecule has 1 aromatic carbocycles. The second kappa shape index (κ2) is 9.37. The van der Waals surface area contributed by atoms with Crippen molar-refractivity contribution >= 4 is 39.8 Å². The van der Waals surface area contributed by atoms with Gasteiger partial charge in [-0.05, 0) is 29.8 Å². The van der Waals surface area contributed by atoms with Gasteiger partial charge in [-0.1, -0.05) is 0 Å².